The third kappa shape index (κ3) is 1.48. The van der Waals surface area contributed by atoms with Crippen LogP contribution in [0.4, 0.5) is 0 Å². The van der Waals surface area contributed by atoms with Gasteiger partial charge in [0.1, 0.15) is 5.78 Å². The topological polar surface area (TPSA) is 40.9 Å². The van der Waals surface area contributed by atoms with Gasteiger partial charge in [0, 0.05) is 18.3 Å². The summed E-state index contributed by atoms with van der Waals surface area (Å²) < 4.78 is 0. The number of nitriles is 1. The Morgan fingerprint density at radius 2 is 2.31 bits per heavy atom. The quantitative estimate of drug-likeness (QED) is 0.649. The highest BCUT2D eigenvalue weighted by atomic mass is 16.1. The van der Waals surface area contributed by atoms with Crippen LogP contribution in [0.5, 0.6) is 0 Å². The van der Waals surface area contributed by atoms with Gasteiger partial charge in [0.15, 0.2) is 0 Å². The lowest BCUT2D eigenvalue weighted by atomic mass is 9.97. The van der Waals surface area contributed by atoms with Crippen LogP contribution in [-0.2, 0) is 4.79 Å². The molecule has 70 valence electrons. The van der Waals surface area contributed by atoms with Crippen molar-refractivity contribution >= 4 is 5.78 Å². The molecule has 3 atom stereocenters. The molecule has 0 bridgehead atoms. The van der Waals surface area contributed by atoms with Gasteiger partial charge >= 0.3 is 0 Å². The largest absolute Gasteiger partial charge is 0.299 e. The van der Waals surface area contributed by atoms with Gasteiger partial charge < -0.3 is 0 Å². The van der Waals surface area contributed by atoms with Gasteiger partial charge in [-0.1, -0.05) is 6.42 Å². The van der Waals surface area contributed by atoms with Crippen LogP contribution in [0, 0.1) is 29.1 Å². The van der Waals surface area contributed by atoms with Crippen LogP contribution >= 0.6 is 0 Å². The number of carbonyl (C=O) groups is 1. The lowest BCUT2D eigenvalue weighted by molar-refractivity contribution is -0.124. The van der Waals surface area contributed by atoms with Crippen molar-refractivity contribution in [3.8, 4) is 6.07 Å². The van der Waals surface area contributed by atoms with Gasteiger partial charge in [-0.15, -0.1) is 0 Å². The molecule has 0 heterocycles. The van der Waals surface area contributed by atoms with Crippen LogP contribution in [0.2, 0.25) is 0 Å². The zero-order valence-corrected chi connectivity index (χ0v) is 7.83. The molecule has 0 spiro atoms. The fourth-order valence-electron chi connectivity index (χ4n) is 2.98. The number of nitrogens with zero attached hydrogens (tertiary/aromatic N) is 1. The smallest absolute Gasteiger partial charge is 0.139 e. The molecule has 2 nitrogen and oxygen atoms in total. The van der Waals surface area contributed by atoms with Gasteiger partial charge in [-0.25, -0.2) is 0 Å². The molecule has 0 aromatic heterocycles. The Kier molecular flexibility index (Phi) is 2.35. The highest BCUT2D eigenvalue weighted by molar-refractivity contribution is 5.86. The maximum Gasteiger partial charge on any atom is 0.139 e. The molecule has 0 amide bonds. The number of rotatable bonds is 2. The lowest BCUT2D eigenvalue weighted by Gasteiger charge is -2.06. The lowest BCUT2D eigenvalue weighted by Crippen LogP contribution is -2.13. The second kappa shape index (κ2) is 3.49. The molecule has 2 aliphatic rings. The van der Waals surface area contributed by atoms with Crippen molar-refractivity contribution in [2.45, 2.75) is 38.5 Å². The molecule has 2 fully saturated rings. The summed E-state index contributed by atoms with van der Waals surface area (Å²) in [5, 5.41) is 8.45. The SMILES string of the molecule is N#CCC[C@H]1C[C@@H]2CCC[C@@H]2C1=O. The molecule has 13 heavy (non-hydrogen) atoms. The highest BCUT2D eigenvalue weighted by Crippen LogP contribution is 2.45. The standard InChI is InChI=1S/C11H15NO/c12-6-2-4-9-7-8-3-1-5-10(8)11(9)13/h8-10H,1-5,7H2/t8-,9-,10-/m0/s1. The first-order valence-electron chi connectivity index (χ1n) is 5.23. The molecule has 0 aliphatic heterocycles. The van der Waals surface area contributed by atoms with Crippen molar-refractivity contribution < 1.29 is 4.79 Å². The van der Waals surface area contributed by atoms with Crippen molar-refractivity contribution in [2.24, 2.45) is 17.8 Å². The Morgan fingerprint density at radius 3 is 3.00 bits per heavy atom. The van der Waals surface area contributed by atoms with E-state index in [0.29, 0.717) is 24.0 Å². The summed E-state index contributed by atoms with van der Waals surface area (Å²) in [6.45, 7) is 0. The van der Waals surface area contributed by atoms with Gasteiger partial charge in [0.05, 0.1) is 6.07 Å². The molecule has 0 saturated heterocycles. The van der Waals surface area contributed by atoms with E-state index in [2.05, 4.69) is 6.07 Å². The van der Waals surface area contributed by atoms with Crippen molar-refractivity contribution in [3.63, 3.8) is 0 Å². The Morgan fingerprint density at radius 1 is 1.46 bits per heavy atom. The van der Waals surface area contributed by atoms with Crippen molar-refractivity contribution in [3.05, 3.63) is 0 Å². The van der Waals surface area contributed by atoms with E-state index in [9.17, 15) is 4.79 Å². The van der Waals surface area contributed by atoms with E-state index >= 15 is 0 Å². The van der Waals surface area contributed by atoms with Crippen molar-refractivity contribution in [1.82, 2.24) is 0 Å². The maximum atomic E-state index is 11.8. The summed E-state index contributed by atoms with van der Waals surface area (Å²) in [7, 11) is 0. The Bertz CT molecular complexity index is 253. The number of hydrogen-bond donors (Lipinski definition) is 0. The zero-order chi connectivity index (χ0) is 9.26. The number of hydrogen-bond acceptors (Lipinski definition) is 2. The molecule has 0 aromatic carbocycles. The molecular formula is C11H15NO. The molecule has 2 heteroatoms. The van der Waals surface area contributed by atoms with E-state index in [0.717, 1.165) is 19.3 Å². The summed E-state index contributed by atoms with van der Waals surface area (Å²) >= 11 is 0. The molecular weight excluding hydrogens is 162 g/mol. The van der Waals surface area contributed by atoms with E-state index in [-0.39, 0.29) is 5.92 Å². The number of carbonyl (C=O) groups excluding carboxylic acids is 1. The van der Waals surface area contributed by atoms with E-state index in [1.165, 1.54) is 12.8 Å². The third-order valence-corrected chi connectivity index (χ3v) is 3.62. The van der Waals surface area contributed by atoms with Crippen LogP contribution in [0.1, 0.15) is 38.5 Å². The zero-order valence-electron chi connectivity index (χ0n) is 7.83. The van der Waals surface area contributed by atoms with E-state index < -0.39 is 0 Å². The predicted molar refractivity (Wildman–Crippen MR) is 48.8 cm³/mol. The normalized spacial score (nSPS) is 37.5. The molecule has 0 aromatic rings. The van der Waals surface area contributed by atoms with Crippen LogP contribution in [-0.4, -0.2) is 5.78 Å². The molecule has 0 N–H and O–H groups in total. The molecule has 2 saturated carbocycles. The molecule has 2 rings (SSSR count). The van der Waals surface area contributed by atoms with Gasteiger partial charge in [0.25, 0.3) is 0 Å². The summed E-state index contributed by atoms with van der Waals surface area (Å²) in [5.74, 6) is 1.76. The third-order valence-electron chi connectivity index (χ3n) is 3.62. The first kappa shape index (κ1) is 8.74. The van der Waals surface area contributed by atoms with Gasteiger partial charge in [0.2, 0.25) is 0 Å². The minimum atomic E-state index is 0.231. The van der Waals surface area contributed by atoms with E-state index in [1.807, 2.05) is 0 Å². The second-order valence-electron chi connectivity index (χ2n) is 4.33. The minimum Gasteiger partial charge on any atom is -0.299 e. The van der Waals surface area contributed by atoms with Crippen LogP contribution < -0.4 is 0 Å². The van der Waals surface area contributed by atoms with Crippen molar-refractivity contribution in [2.75, 3.05) is 0 Å². The van der Waals surface area contributed by atoms with E-state index in [1.54, 1.807) is 0 Å². The molecule has 0 unspecified atom stereocenters. The van der Waals surface area contributed by atoms with Gasteiger partial charge in [-0.05, 0) is 31.6 Å². The summed E-state index contributed by atoms with van der Waals surface area (Å²) in [5.41, 5.74) is 0. The Balaban J connectivity index is 1.95. The van der Waals surface area contributed by atoms with Gasteiger partial charge in [-0.3, -0.25) is 4.79 Å². The second-order valence-corrected chi connectivity index (χ2v) is 4.33. The minimum absolute atomic E-state index is 0.231. The number of Topliss-reactive ketones (excluding diaryl/α,β-unsaturated/α-hetero) is 1. The van der Waals surface area contributed by atoms with E-state index in [4.69, 9.17) is 5.26 Å². The first-order valence-corrected chi connectivity index (χ1v) is 5.23. The predicted octanol–water partition coefficient (Wildman–Crippen LogP) is 2.30. The van der Waals surface area contributed by atoms with Crippen LogP contribution in [0.15, 0.2) is 0 Å². The number of ketones is 1. The Labute approximate surface area is 78.9 Å². The summed E-state index contributed by atoms with van der Waals surface area (Å²) in [6.07, 6.45) is 6.04. The average Bonchev–Trinajstić information content (AvgIpc) is 2.67. The average molecular weight is 177 g/mol. The maximum absolute atomic E-state index is 11.8. The fourth-order valence-corrected chi connectivity index (χ4v) is 2.98. The fraction of sp³-hybridized carbons (Fsp3) is 0.818. The van der Waals surface area contributed by atoms with Crippen molar-refractivity contribution in [1.29, 1.82) is 5.26 Å². The monoisotopic (exact) mass is 177 g/mol. The van der Waals surface area contributed by atoms with Gasteiger partial charge in [-0.2, -0.15) is 5.26 Å². The van der Waals surface area contributed by atoms with Crippen LogP contribution in [0.25, 0.3) is 0 Å². The first-order chi connectivity index (χ1) is 6.33. The summed E-state index contributed by atoms with van der Waals surface area (Å²) in [4.78, 5) is 11.8. The molecule has 2 aliphatic carbocycles. The molecule has 0 radical (unpaired) electrons. The summed E-state index contributed by atoms with van der Waals surface area (Å²) in [6, 6.07) is 2.13. The highest BCUT2D eigenvalue weighted by Gasteiger charge is 2.43. The number of fused-ring (bicyclic) bond motifs is 1. The Hall–Kier alpha value is -0.840. The van der Waals surface area contributed by atoms with Crippen LogP contribution in [0.3, 0.4) is 0 Å².